The van der Waals surface area contributed by atoms with E-state index in [0.717, 1.165) is 18.3 Å². The monoisotopic (exact) mass is 448 g/mol. The zero-order valence-corrected chi connectivity index (χ0v) is 17.5. The molecule has 6 nitrogen and oxygen atoms in total. The number of carbonyl (C=O) groups excluding carboxylic acids is 1. The second-order valence-corrected chi connectivity index (χ2v) is 5.45. The highest BCUT2D eigenvalue weighted by molar-refractivity contribution is 14.0. The maximum absolute atomic E-state index is 11.6. The normalized spacial score (nSPS) is 10.6. The molecule has 0 aliphatic rings. The van der Waals surface area contributed by atoms with Crippen molar-refractivity contribution in [3.05, 3.63) is 29.8 Å². The van der Waals surface area contributed by atoms with Crippen molar-refractivity contribution in [1.29, 1.82) is 0 Å². The molecule has 7 heteroatoms. The Kier molecular flexibility index (Phi) is 11.2. The molecule has 0 saturated carbocycles. The van der Waals surface area contributed by atoms with E-state index in [0.29, 0.717) is 19.6 Å². The maximum Gasteiger partial charge on any atom is 0.223 e. The van der Waals surface area contributed by atoms with Crippen LogP contribution < -0.4 is 10.1 Å². The summed E-state index contributed by atoms with van der Waals surface area (Å²) in [5.74, 6) is 1.75. The van der Waals surface area contributed by atoms with Crippen LogP contribution in [-0.4, -0.2) is 63.0 Å². The second-order valence-electron chi connectivity index (χ2n) is 5.45. The molecular weight excluding hydrogens is 419 g/mol. The average molecular weight is 448 g/mol. The molecule has 1 amide bonds. The fourth-order valence-corrected chi connectivity index (χ4v) is 2.10. The van der Waals surface area contributed by atoms with Crippen LogP contribution in [0.15, 0.2) is 29.3 Å². The highest BCUT2D eigenvalue weighted by atomic mass is 127. The van der Waals surface area contributed by atoms with E-state index in [2.05, 4.69) is 10.3 Å². The third kappa shape index (κ3) is 7.85. The number of ether oxygens (including phenoxy) is 1. The van der Waals surface area contributed by atoms with Crippen LogP contribution in [0.1, 0.15) is 18.9 Å². The van der Waals surface area contributed by atoms with Gasteiger partial charge in [-0.2, -0.15) is 0 Å². The molecule has 0 spiro atoms. The van der Waals surface area contributed by atoms with Crippen molar-refractivity contribution in [1.82, 2.24) is 15.1 Å². The number of hydrogen-bond acceptors (Lipinski definition) is 3. The Morgan fingerprint density at radius 2 is 1.83 bits per heavy atom. The van der Waals surface area contributed by atoms with E-state index in [9.17, 15) is 4.79 Å². The quantitative estimate of drug-likeness (QED) is 0.395. The van der Waals surface area contributed by atoms with Crippen LogP contribution in [0.5, 0.6) is 5.75 Å². The molecule has 0 radical (unpaired) electrons. The number of halogens is 1. The van der Waals surface area contributed by atoms with Crippen molar-refractivity contribution in [3.63, 3.8) is 0 Å². The Balaban J connectivity index is 0.00000529. The molecule has 24 heavy (non-hydrogen) atoms. The minimum absolute atomic E-state index is 0. The predicted octanol–water partition coefficient (Wildman–Crippen LogP) is 2.19. The Bertz CT molecular complexity index is 518. The van der Waals surface area contributed by atoms with Crippen LogP contribution in [0.3, 0.4) is 0 Å². The number of nitrogens with zero attached hydrogens (tertiary/aromatic N) is 3. The number of amides is 1. The van der Waals surface area contributed by atoms with Gasteiger partial charge in [-0.1, -0.05) is 12.1 Å². The lowest BCUT2D eigenvalue weighted by molar-refractivity contribution is -0.128. The van der Waals surface area contributed by atoms with Crippen molar-refractivity contribution in [2.75, 3.05) is 41.3 Å². The molecule has 0 bridgehead atoms. The van der Waals surface area contributed by atoms with Crippen molar-refractivity contribution >= 4 is 35.8 Å². The topological polar surface area (TPSA) is 57.2 Å². The van der Waals surface area contributed by atoms with Gasteiger partial charge < -0.3 is 19.9 Å². The number of aliphatic imine (C=N–C) groups is 1. The fourth-order valence-electron chi connectivity index (χ4n) is 2.10. The predicted molar refractivity (Wildman–Crippen MR) is 109 cm³/mol. The number of rotatable bonds is 7. The molecule has 0 heterocycles. The molecule has 0 aliphatic heterocycles. The smallest absolute Gasteiger partial charge is 0.223 e. The van der Waals surface area contributed by atoms with Crippen LogP contribution in [0.2, 0.25) is 0 Å². The van der Waals surface area contributed by atoms with Gasteiger partial charge in [0.25, 0.3) is 0 Å². The lowest BCUT2D eigenvalue weighted by Crippen LogP contribution is -2.40. The molecule has 1 aromatic rings. The molecular formula is C17H29IN4O2. The number of hydrogen-bond donors (Lipinski definition) is 1. The number of benzene rings is 1. The Labute approximate surface area is 162 Å². The van der Waals surface area contributed by atoms with Gasteiger partial charge in [0.2, 0.25) is 5.91 Å². The second kappa shape index (κ2) is 11.9. The molecule has 136 valence electrons. The summed E-state index contributed by atoms with van der Waals surface area (Å²) in [5, 5.41) is 3.21. The van der Waals surface area contributed by atoms with E-state index >= 15 is 0 Å². The molecule has 0 saturated heterocycles. The third-order valence-electron chi connectivity index (χ3n) is 3.35. The Hall–Kier alpha value is -1.51. The summed E-state index contributed by atoms with van der Waals surface area (Å²) in [6.45, 7) is 3.94. The number of guanidine groups is 1. The first-order chi connectivity index (χ1) is 11.0. The largest absolute Gasteiger partial charge is 0.494 e. The summed E-state index contributed by atoms with van der Waals surface area (Å²) in [5.41, 5.74) is 1.17. The first-order valence-electron chi connectivity index (χ1n) is 7.81. The Morgan fingerprint density at radius 3 is 2.33 bits per heavy atom. The summed E-state index contributed by atoms with van der Waals surface area (Å²) < 4.78 is 5.44. The molecule has 1 N–H and O–H groups in total. The number of carbonyl (C=O) groups is 1. The molecule has 0 aromatic heterocycles. The zero-order valence-electron chi connectivity index (χ0n) is 15.2. The summed E-state index contributed by atoms with van der Waals surface area (Å²) >= 11 is 0. The summed E-state index contributed by atoms with van der Waals surface area (Å²) in [7, 11) is 7.23. The molecule has 0 unspecified atom stereocenters. The van der Waals surface area contributed by atoms with Gasteiger partial charge in [-0.05, 0) is 24.6 Å². The molecule has 1 aromatic carbocycles. The highest BCUT2D eigenvalue weighted by Gasteiger charge is 2.08. The van der Waals surface area contributed by atoms with Gasteiger partial charge in [-0.3, -0.25) is 9.79 Å². The number of nitrogens with one attached hydrogen (secondary N) is 1. The van der Waals surface area contributed by atoms with Crippen LogP contribution in [0.4, 0.5) is 0 Å². The minimum atomic E-state index is 0. The SMILES string of the molecule is CCOc1ccc(CN(C)C(=NC)NCCC(=O)N(C)C)cc1.I. The zero-order chi connectivity index (χ0) is 17.2. The van der Waals surface area contributed by atoms with E-state index in [1.807, 2.05) is 43.1 Å². The first-order valence-corrected chi connectivity index (χ1v) is 7.81. The first kappa shape index (κ1) is 22.5. The maximum atomic E-state index is 11.6. The molecule has 0 atom stereocenters. The van der Waals surface area contributed by atoms with Gasteiger partial charge in [0.15, 0.2) is 5.96 Å². The van der Waals surface area contributed by atoms with Gasteiger partial charge in [0.05, 0.1) is 6.61 Å². The standard InChI is InChI=1S/C17H28N4O2.HI/c1-6-23-15-9-7-14(8-10-15)13-21(5)17(18-2)19-12-11-16(22)20(3)4;/h7-10H,6,11-13H2,1-5H3,(H,18,19);1H. The van der Waals surface area contributed by atoms with Gasteiger partial charge >= 0.3 is 0 Å². The van der Waals surface area contributed by atoms with Crippen molar-refractivity contribution < 1.29 is 9.53 Å². The summed E-state index contributed by atoms with van der Waals surface area (Å²) in [6.07, 6.45) is 0.447. The van der Waals surface area contributed by atoms with Crippen molar-refractivity contribution in [2.24, 2.45) is 4.99 Å². The molecule has 1 rings (SSSR count). The van der Waals surface area contributed by atoms with Gasteiger partial charge in [0, 0.05) is 47.7 Å². The summed E-state index contributed by atoms with van der Waals surface area (Å²) in [4.78, 5) is 19.4. The van der Waals surface area contributed by atoms with Gasteiger partial charge in [-0.25, -0.2) is 0 Å². The minimum Gasteiger partial charge on any atom is -0.494 e. The van der Waals surface area contributed by atoms with E-state index in [4.69, 9.17) is 4.74 Å². The fraction of sp³-hybridized carbons (Fsp3) is 0.529. The van der Waals surface area contributed by atoms with Crippen molar-refractivity contribution in [2.45, 2.75) is 19.9 Å². The Morgan fingerprint density at radius 1 is 1.21 bits per heavy atom. The van der Waals surface area contributed by atoms with Crippen LogP contribution >= 0.6 is 24.0 Å². The third-order valence-corrected chi connectivity index (χ3v) is 3.35. The average Bonchev–Trinajstić information content (AvgIpc) is 2.53. The van der Waals surface area contributed by atoms with Crippen LogP contribution in [0.25, 0.3) is 0 Å². The van der Waals surface area contributed by atoms with Gasteiger partial charge in [-0.15, -0.1) is 24.0 Å². The highest BCUT2D eigenvalue weighted by Crippen LogP contribution is 2.13. The summed E-state index contributed by atoms with van der Waals surface area (Å²) in [6, 6.07) is 8.03. The van der Waals surface area contributed by atoms with Gasteiger partial charge in [0.1, 0.15) is 5.75 Å². The van der Waals surface area contributed by atoms with E-state index in [1.165, 1.54) is 5.56 Å². The van der Waals surface area contributed by atoms with Crippen LogP contribution in [-0.2, 0) is 11.3 Å². The lowest BCUT2D eigenvalue weighted by Gasteiger charge is -2.22. The van der Waals surface area contributed by atoms with E-state index in [1.54, 1.807) is 26.0 Å². The molecule has 0 fully saturated rings. The van der Waals surface area contributed by atoms with Crippen LogP contribution in [0, 0.1) is 0 Å². The lowest BCUT2D eigenvalue weighted by atomic mass is 10.2. The molecule has 0 aliphatic carbocycles. The van der Waals surface area contributed by atoms with Crippen molar-refractivity contribution in [3.8, 4) is 5.75 Å². The van der Waals surface area contributed by atoms with E-state index < -0.39 is 0 Å². The van der Waals surface area contributed by atoms with E-state index in [-0.39, 0.29) is 29.9 Å².